The van der Waals surface area contributed by atoms with Crippen molar-refractivity contribution in [2.75, 3.05) is 0 Å². The smallest absolute Gasteiger partial charge is 0.251 e. The average molecular weight is 294 g/mol. The molecule has 0 unspecified atom stereocenters. The molecule has 0 aliphatic heterocycles. The van der Waals surface area contributed by atoms with Crippen molar-refractivity contribution >= 4 is 17.5 Å². The molecule has 0 aliphatic carbocycles. The number of carbonyl (C=O) groups is 1. The van der Waals surface area contributed by atoms with Crippen LogP contribution in [0.25, 0.3) is 0 Å². The van der Waals surface area contributed by atoms with Crippen LogP contribution in [0.4, 0.5) is 4.39 Å². The van der Waals surface area contributed by atoms with E-state index in [1.807, 2.05) is 6.07 Å². The van der Waals surface area contributed by atoms with Crippen LogP contribution in [0.2, 0.25) is 5.02 Å². The van der Waals surface area contributed by atoms with Gasteiger partial charge in [0.1, 0.15) is 5.82 Å². The molecule has 0 heterocycles. The first kappa shape index (κ1) is 14.5. The summed E-state index contributed by atoms with van der Waals surface area (Å²) in [5.41, 5.74) is 1.85. The maximum atomic E-state index is 13.3. The third kappa shape index (κ3) is 3.56. The SMILES string of the molecule is O=C(NCc1cccc(CO)c1)c1ccc(Cl)c(F)c1. The van der Waals surface area contributed by atoms with E-state index in [1.54, 1.807) is 18.2 Å². The highest BCUT2D eigenvalue weighted by atomic mass is 35.5. The summed E-state index contributed by atoms with van der Waals surface area (Å²) in [5.74, 6) is -1.00. The monoisotopic (exact) mass is 293 g/mol. The molecule has 2 aromatic rings. The van der Waals surface area contributed by atoms with Crippen molar-refractivity contribution in [3.8, 4) is 0 Å². The van der Waals surface area contributed by atoms with Crippen molar-refractivity contribution in [1.82, 2.24) is 5.32 Å². The molecule has 3 nitrogen and oxygen atoms in total. The van der Waals surface area contributed by atoms with Crippen molar-refractivity contribution < 1.29 is 14.3 Å². The van der Waals surface area contributed by atoms with Gasteiger partial charge in [-0.25, -0.2) is 4.39 Å². The summed E-state index contributed by atoms with van der Waals surface area (Å²) in [5, 5.41) is 11.7. The Bertz CT molecular complexity index is 631. The number of nitrogens with one attached hydrogen (secondary N) is 1. The number of amides is 1. The molecule has 2 rings (SSSR count). The predicted molar refractivity (Wildman–Crippen MR) is 74.9 cm³/mol. The highest BCUT2D eigenvalue weighted by Gasteiger charge is 2.08. The molecular weight excluding hydrogens is 281 g/mol. The molecule has 0 bridgehead atoms. The Hall–Kier alpha value is -1.91. The van der Waals surface area contributed by atoms with E-state index in [0.717, 1.165) is 17.2 Å². The maximum Gasteiger partial charge on any atom is 0.251 e. The second-order valence-electron chi connectivity index (χ2n) is 4.29. The lowest BCUT2D eigenvalue weighted by Crippen LogP contribution is -2.22. The summed E-state index contributed by atoms with van der Waals surface area (Å²) < 4.78 is 13.3. The first-order valence-corrected chi connectivity index (χ1v) is 6.40. The second-order valence-corrected chi connectivity index (χ2v) is 4.70. The quantitative estimate of drug-likeness (QED) is 0.910. The van der Waals surface area contributed by atoms with Gasteiger partial charge >= 0.3 is 0 Å². The summed E-state index contributed by atoms with van der Waals surface area (Å²) in [6.07, 6.45) is 0. The van der Waals surface area contributed by atoms with Gasteiger partial charge in [-0.15, -0.1) is 0 Å². The summed E-state index contributed by atoms with van der Waals surface area (Å²) in [6, 6.07) is 11.1. The van der Waals surface area contributed by atoms with Gasteiger partial charge in [0.2, 0.25) is 0 Å². The Labute approximate surface area is 121 Å². The van der Waals surface area contributed by atoms with E-state index in [2.05, 4.69) is 5.32 Å². The van der Waals surface area contributed by atoms with Crippen molar-refractivity contribution in [2.45, 2.75) is 13.2 Å². The van der Waals surface area contributed by atoms with Gasteiger partial charge in [-0.05, 0) is 29.3 Å². The van der Waals surface area contributed by atoms with E-state index in [0.29, 0.717) is 6.54 Å². The maximum absolute atomic E-state index is 13.3. The first-order valence-electron chi connectivity index (χ1n) is 6.02. The normalized spacial score (nSPS) is 10.3. The zero-order chi connectivity index (χ0) is 14.5. The molecule has 0 saturated heterocycles. The first-order chi connectivity index (χ1) is 9.60. The highest BCUT2D eigenvalue weighted by molar-refractivity contribution is 6.30. The Morgan fingerprint density at radius 3 is 2.65 bits per heavy atom. The van der Waals surface area contributed by atoms with E-state index in [-0.39, 0.29) is 23.1 Å². The van der Waals surface area contributed by atoms with Crippen LogP contribution >= 0.6 is 11.6 Å². The Kier molecular flexibility index (Phi) is 4.71. The van der Waals surface area contributed by atoms with Crippen LogP contribution in [0.3, 0.4) is 0 Å². The van der Waals surface area contributed by atoms with Gasteiger partial charge in [0.25, 0.3) is 5.91 Å². The second kappa shape index (κ2) is 6.50. The molecule has 2 aromatic carbocycles. The van der Waals surface area contributed by atoms with Gasteiger partial charge in [0, 0.05) is 12.1 Å². The number of halogens is 2. The zero-order valence-electron chi connectivity index (χ0n) is 10.6. The summed E-state index contributed by atoms with van der Waals surface area (Å²) >= 11 is 5.56. The van der Waals surface area contributed by atoms with E-state index in [4.69, 9.17) is 16.7 Å². The molecule has 0 spiro atoms. The number of aliphatic hydroxyl groups is 1. The minimum Gasteiger partial charge on any atom is -0.392 e. The van der Waals surface area contributed by atoms with E-state index in [9.17, 15) is 9.18 Å². The molecule has 0 fully saturated rings. The van der Waals surface area contributed by atoms with Crippen LogP contribution in [-0.4, -0.2) is 11.0 Å². The largest absolute Gasteiger partial charge is 0.392 e. The lowest BCUT2D eigenvalue weighted by atomic mass is 10.1. The van der Waals surface area contributed by atoms with Crippen molar-refractivity contribution in [2.24, 2.45) is 0 Å². The molecule has 0 aliphatic rings. The third-order valence-electron chi connectivity index (χ3n) is 2.81. The Morgan fingerprint density at radius 2 is 1.95 bits per heavy atom. The van der Waals surface area contributed by atoms with Gasteiger partial charge in [0.15, 0.2) is 0 Å². The van der Waals surface area contributed by atoms with Crippen LogP contribution in [0.5, 0.6) is 0 Å². The summed E-state index contributed by atoms with van der Waals surface area (Å²) in [4.78, 5) is 11.9. The number of rotatable bonds is 4. The van der Waals surface area contributed by atoms with Crippen molar-refractivity contribution in [1.29, 1.82) is 0 Å². The molecule has 104 valence electrons. The van der Waals surface area contributed by atoms with Gasteiger partial charge in [-0.1, -0.05) is 35.9 Å². The van der Waals surface area contributed by atoms with Crippen LogP contribution < -0.4 is 5.32 Å². The number of hydrogen-bond donors (Lipinski definition) is 2. The molecule has 20 heavy (non-hydrogen) atoms. The zero-order valence-corrected chi connectivity index (χ0v) is 11.3. The van der Waals surface area contributed by atoms with Crippen LogP contribution in [0.1, 0.15) is 21.5 Å². The Morgan fingerprint density at radius 1 is 1.20 bits per heavy atom. The molecule has 2 N–H and O–H groups in total. The highest BCUT2D eigenvalue weighted by Crippen LogP contribution is 2.15. The molecule has 0 aromatic heterocycles. The standard InChI is InChI=1S/C15H13ClFNO2/c16-13-5-4-12(7-14(13)17)15(20)18-8-10-2-1-3-11(6-10)9-19/h1-7,19H,8-9H2,(H,18,20). The topological polar surface area (TPSA) is 49.3 Å². The lowest BCUT2D eigenvalue weighted by molar-refractivity contribution is 0.0950. The minimum atomic E-state index is -0.624. The minimum absolute atomic E-state index is 0.0165. The number of hydrogen-bond acceptors (Lipinski definition) is 2. The number of aliphatic hydroxyl groups excluding tert-OH is 1. The molecule has 0 saturated carbocycles. The molecule has 0 radical (unpaired) electrons. The predicted octanol–water partition coefficient (Wildman–Crippen LogP) is 2.90. The Balaban J connectivity index is 2.02. The summed E-state index contributed by atoms with van der Waals surface area (Å²) in [7, 11) is 0. The lowest BCUT2D eigenvalue weighted by Gasteiger charge is -2.07. The molecular formula is C15H13ClFNO2. The van der Waals surface area contributed by atoms with E-state index in [1.165, 1.54) is 12.1 Å². The van der Waals surface area contributed by atoms with Gasteiger partial charge in [-0.2, -0.15) is 0 Å². The fourth-order valence-electron chi connectivity index (χ4n) is 1.76. The van der Waals surface area contributed by atoms with Crippen LogP contribution in [0, 0.1) is 5.82 Å². The summed E-state index contributed by atoms with van der Waals surface area (Å²) in [6.45, 7) is 0.251. The van der Waals surface area contributed by atoms with E-state index >= 15 is 0 Å². The van der Waals surface area contributed by atoms with Crippen LogP contribution in [0.15, 0.2) is 42.5 Å². The molecule has 0 atom stereocenters. The third-order valence-corrected chi connectivity index (χ3v) is 3.12. The molecule has 5 heteroatoms. The average Bonchev–Trinajstić information content (AvgIpc) is 2.47. The van der Waals surface area contributed by atoms with E-state index < -0.39 is 5.82 Å². The van der Waals surface area contributed by atoms with Gasteiger partial charge < -0.3 is 10.4 Å². The number of benzene rings is 2. The fourth-order valence-corrected chi connectivity index (χ4v) is 1.88. The fraction of sp³-hybridized carbons (Fsp3) is 0.133. The van der Waals surface area contributed by atoms with Crippen LogP contribution in [-0.2, 0) is 13.2 Å². The van der Waals surface area contributed by atoms with Gasteiger partial charge in [-0.3, -0.25) is 4.79 Å². The van der Waals surface area contributed by atoms with Gasteiger partial charge in [0.05, 0.1) is 11.6 Å². The number of carbonyl (C=O) groups excluding carboxylic acids is 1. The molecule has 1 amide bonds. The van der Waals surface area contributed by atoms with Crippen molar-refractivity contribution in [3.05, 3.63) is 70.0 Å². The van der Waals surface area contributed by atoms with Crippen molar-refractivity contribution in [3.63, 3.8) is 0 Å².